The van der Waals surface area contributed by atoms with Crippen LogP contribution in [0.4, 0.5) is 34.8 Å². The number of carbonyl (C=O) groups is 3. The molecule has 5 rings (SSSR count). The van der Waals surface area contributed by atoms with Crippen LogP contribution in [0.3, 0.4) is 0 Å². The number of nitrogens with zero attached hydrogens (tertiary/aromatic N) is 5. The zero-order valence-corrected chi connectivity index (χ0v) is 24.1. The number of anilines is 3. The number of pyridine rings is 1. The van der Waals surface area contributed by atoms with Gasteiger partial charge in [0, 0.05) is 38.2 Å². The zero-order chi connectivity index (χ0) is 31.3. The molecular weight excluding hydrogens is 594 g/mol. The monoisotopic (exact) mass is 621 g/mol. The molecule has 4 heterocycles. The molecule has 0 aliphatic carbocycles. The maximum atomic E-state index is 14.9. The fraction of sp³-hybridized carbons (Fsp3) is 0.448. The quantitative estimate of drug-likeness (QED) is 0.279. The van der Waals surface area contributed by atoms with E-state index in [1.54, 1.807) is 18.2 Å². The molecule has 0 unspecified atom stereocenters. The van der Waals surface area contributed by atoms with E-state index in [1.807, 2.05) is 10.8 Å². The highest BCUT2D eigenvalue weighted by Crippen LogP contribution is 2.43. The van der Waals surface area contributed by atoms with Gasteiger partial charge >= 0.3 is 6.18 Å². The highest BCUT2D eigenvalue weighted by molar-refractivity contribution is 6.34. The van der Waals surface area contributed by atoms with Crippen LogP contribution in [-0.4, -0.2) is 85.8 Å². The van der Waals surface area contributed by atoms with Crippen molar-refractivity contribution in [1.29, 1.82) is 0 Å². The van der Waals surface area contributed by atoms with Crippen LogP contribution in [0.2, 0.25) is 5.02 Å². The van der Waals surface area contributed by atoms with E-state index in [-0.39, 0.29) is 57.3 Å². The summed E-state index contributed by atoms with van der Waals surface area (Å²) in [6.45, 7) is 1.13. The van der Waals surface area contributed by atoms with Gasteiger partial charge in [-0.1, -0.05) is 17.7 Å². The van der Waals surface area contributed by atoms with Crippen LogP contribution >= 0.6 is 11.6 Å². The summed E-state index contributed by atoms with van der Waals surface area (Å²) in [7, 11) is 1.51. The normalized spacial score (nSPS) is 21.5. The van der Waals surface area contributed by atoms with E-state index < -0.39 is 47.1 Å². The molecule has 2 saturated heterocycles. The van der Waals surface area contributed by atoms with Gasteiger partial charge in [0.2, 0.25) is 11.8 Å². The lowest BCUT2D eigenvalue weighted by molar-refractivity contribution is -0.144. The Morgan fingerprint density at radius 3 is 2.65 bits per heavy atom. The first-order valence-electron chi connectivity index (χ1n) is 13.4. The number of fused-ring (bicyclic) bond motifs is 2. The summed E-state index contributed by atoms with van der Waals surface area (Å²) in [4.78, 5) is 48.4. The predicted molar refractivity (Wildman–Crippen MR) is 151 cm³/mol. The number of halogens is 5. The summed E-state index contributed by atoms with van der Waals surface area (Å²) in [6.07, 6.45) is 0.283. The Morgan fingerprint density at radius 2 is 1.98 bits per heavy atom. The molecule has 0 bridgehead atoms. The lowest BCUT2D eigenvalue weighted by Crippen LogP contribution is -2.63. The van der Waals surface area contributed by atoms with Crippen molar-refractivity contribution in [2.75, 3.05) is 61.1 Å². The molecule has 0 N–H and O–H groups in total. The van der Waals surface area contributed by atoms with Crippen molar-refractivity contribution in [1.82, 2.24) is 9.88 Å². The fourth-order valence-corrected chi connectivity index (χ4v) is 6.15. The molecule has 1 aromatic heterocycles. The summed E-state index contributed by atoms with van der Waals surface area (Å²) >= 11 is 6.60. The minimum absolute atomic E-state index is 0.0422. The number of benzene rings is 1. The van der Waals surface area contributed by atoms with Crippen molar-refractivity contribution in [2.45, 2.75) is 31.2 Å². The van der Waals surface area contributed by atoms with Gasteiger partial charge in [-0.15, -0.1) is 6.42 Å². The zero-order valence-electron chi connectivity index (χ0n) is 23.3. The molecular formula is C29H28ClF4N5O4. The number of aryl methyl sites for hydroxylation is 1. The third kappa shape index (κ3) is 5.86. The first kappa shape index (κ1) is 30.6. The van der Waals surface area contributed by atoms with E-state index in [4.69, 9.17) is 22.8 Å². The molecule has 0 saturated carbocycles. The largest absolute Gasteiger partial charge is 0.416 e. The number of ether oxygens (including phenoxy) is 1. The van der Waals surface area contributed by atoms with Crippen LogP contribution in [-0.2, 0) is 25.3 Å². The van der Waals surface area contributed by atoms with Crippen molar-refractivity contribution in [3.8, 4) is 12.3 Å². The molecule has 2 atom stereocenters. The van der Waals surface area contributed by atoms with Gasteiger partial charge in [0.25, 0.3) is 5.91 Å². The maximum absolute atomic E-state index is 14.9. The number of likely N-dealkylation sites (tertiary alicyclic amines) is 1. The highest BCUT2D eigenvalue weighted by atomic mass is 35.5. The first-order chi connectivity index (χ1) is 20.2. The van der Waals surface area contributed by atoms with Crippen molar-refractivity contribution in [3.05, 3.63) is 46.6 Å². The number of hydrogen-bond donors (Lipinski definition) is 0. The van der Waals surface area contributed by atoms with Gasteiger partial charge in [-0.3, -0.25) is 19.3 Å². The number of aromatic nitrogens is 1. The van der Waals surface area contributed by atoms with Gasteiger partial charge in [-0.05, 0) is 37.1 Å². The van der Waals surface area contributed by atoms with Crippen molar-refractivity contribution >= 4 is 46.5 Å². The summed E-state index contributed by atoms with van der Waals surface area (Å²) < 4.78 is 61.4. The van der Waals surface area contributed by atoms with Gasteiger partial charge in [-0.25, -0.2) is 9.37 Å². The minimum atomic E-state index is -4.67. The smallest absolute Gasteiger partial charge is 0.376 e. The number of likely N-dealkylation sites (N-methyl/N-ethyl adjacent to an activating group) is 1. The lowest BCUT2D eigenvalue weighted by atomic mass is 9.95. The highest BCUT2D eigenvalue weighted by Gasteiger charge is 2.50. The summed E-state index contributed by atoms with van der Waals surface area (Å²) in [6, 6.07) is 5.50. The molecule has 43 heavy (non-hydrogen) atoms. The summed E-state index contributed by atoms with van der Waals surface area (Å²) in [5.41, 5.74) is -1.73. The topological polar surface area (TPSA) is 86.3 Å². The Kier molecular flexibility index (Phi) is 8.04. The molecule has 3 aliphatic heterocycles. The first-order valence-corrected chi connectivity index (χ1v) is 13.8. The molecule has 2 aromatic rings. The van der Waals surface area contributed by atoms with Crippen LogP contribution < -0.4 is 14.7 Å². The van der Waals surface area contributed by atoms with Crippen LogP contribution in [0.15, 0.2) is 30.3 Å². The number of rotatable bonds is 6. The molecule has 3 amide bonds. The second kappa shape index (κ2) is 11.3. The van der Waals surface area contributed by atoms with Gasteiger partial charge in [-0.2, -0.15) is 13.2 Å². The lowest BCUT2D eigenvalue weighted by Gasteiger charge is -2.43. The second-order valence-corrected chi connectivity index (χ2v) is 11.4. The predicted octanol–water partition coefficient (Wildman–Crippen LogP) is 3.47. The number of hydrogen-bond acceptors (Lipinski definition) is 6. The van der Waals surface area contributed by atoms with Crippen LogP contribution in [0.1, 0.15) is 17.7 Å². The number of amides is 3. The van der Waals surface area contributed by atoms with Crippen molar-refractivity contribution in [3.63, 3.8) is 0 Å². The average molecular weight is 622 g/mol. The third-order valence-corrected chi connectivity index (χ3v) is 8.16. The molecule has 9 nitrogen and oxygen atoms in total. The van der Waals surface area contributed by atoms with E-state index >= 15 is 0 Å². The van der Waals surface area contributed by atoms with Gasteiger partial charge in [0.05, 0.1) is 48.3 Å². The molecule has 3 aliphatic rings. The Morgan fingerprint density at radius 1 is 1.26 bits per heavy atom. The molecule has 228 valence electrons. The van der Waals surface area contributed by atoms with Crippen LogP contribution in [0.25, 0.3) is 0 Å². The van der Waals surface area contributed by atoms with Gasteiger partial charge in [0.1, 0.15) is 11.9 Å². The van der Waals surface area contributed by atoms with E-state index in [0.717, 1.165) is 17.0 Å². The SMILES string of the molecule is C#CC(=O)N1CC(F)(COCCN2C[C@H]3CC(=O)N(c4cc(C(F)(F)F)cc(C)n4)[C@@H]3C(=O)N(C)c3cccc(Cl)c32)C1. The molecule has 14 heteroatoms. The number of alkyl halides is 4. The molecule has 0 radical (unpaired) electrons. The van der Waals surface area contributed by atoms with E-state index in [1.165, 1.54) is 23.8 Å². The third-order valence-electron chi connectivity index (χ3n) is 7.85. The second-order valence-electron chi connectivity index (χ2n) is 11.0. The Labute approximate surface area is 250 Å². The van der Waals surface area contributed by atoms with Gasteiger partial charge in [0.15, 0.2) is 5.67 Å². The number of carbonyl (C=O) groups excluding carboxylic acids is 3. The standard InChI is InChI=1S/C29H28ClF4N5O4/c1-4-23(40)38-14-28(31,15-38)16-43-9-8-37-13-18-11-24(41)39(22-12-19(29(32,33)34)10-17(2)35-22)25(18)27(42)36(3)21-7-5-6-20(30)26(21)37/h1,5-7,10,12,18,25H,8-9,11,13-16H2,2-3H3/t18-,25+/m1/s1. The van der Waals surface area contributed by atoms with Gasteiger partial charge < -0.3 is 19.4 Å². The van der Waals surface area contributed by atoms with E-state index in [0.29, 0.717) is 16.4 Å². The maximum Gasteiger partial charge on any atom is 0.416 e. The van der Waals surface area contributed by atoms with Crippen molar-refractivity contribution in [2.24, 2.45) is 5.92 Å². The van der Waals surface area contributed by atoms with Crippen LogP contribution in [0.5, 0.6) is 0 Å². The minimum Gasteiger partial charge on any atom is -0.376 e. The number of para-hydroxylation sites is 1. The number of terminal acetylenes is 1. The van der Waals surface area contributed by atoms with E-state index in [9.17, 15) is 31.9 Å². The Bertz CT molecular complexity index is 1510. The Hall–Kier alpha value is -3.89. The average Bonchev–Trinajstić information content (AvgIpc) is 3.25. The molecule has 2 fully saturated rings. The van der Waals surface area contributed by atoms with Crippen LogP contribution in [0, 0.1) is 25.2 Å². The molecule has 0 spiro atoms. The Balaban J connectivity index is 1.41. The van der Waals surface area contributed by atoms with E-state index in [2.05, 4.69) is 4.98 Å². The fourth-order valence-electron chi connectivity index (χ4n) is 5.86. The van der Waals surface area contributed by atoms with Crippen molar-refractivity contribution < 1.29 is 36.7 Å². The molecule has 1 aromatic carbocycles. The summed E-state index contributed by atoms with van der Waals surface area (Å²) in [5.74, 6) is -0.565. The summed E-state index contributed by atoms with van der Waals surface area (Å²) in [5, 5.41) is 0.330.